The third-order valence-electron chi connectivity index (χ3n) is 5.90. The number of carbonyl (C=O) groups is 2. The fraction of sp³-hybridized carbons (Fsp3) is 0.0333. The number of aromatic nitrogens is 2. The molecule has 1 atom stereocenters. The lowest BCUT2D eigenvalue weighted by atomic mass is 10.1. The van der Waals surface area contributed by atoms with Crippen molar-refractivity contribution in [3.8, 4) is 16.3 Å². The number of rotatable bonds is 9. The third-order valence-corrected chi connectivity index (χ3v) is 7.10. The molecule has 2 heterocycles. The molecule has 0 saturated carbocycles. The van der Waals surface area contributed by atoms with Crippen molar-refractivity contribution in [2.45, 2.75) is 6.10 Å². The molecule has 204 valence electrons. The van der Waals surface area contributed by atoms with Crippen LogP contribution in [0.25, 0.3) is 22.3 Å². The molecule has 1 amide bonds. The number of amides is 1. The molecule has 0 bridgehead atoms. The number of esters is 1. The number of benzene rings is 3. The lowest BCUT2D eigenvalue weighted by Crippen LogP contribution is -2.25. The number of anilines is 1. The van der Waals surface area contributed by atoms with Gasteiger partial charge in [-0.2, -0.15) is 5.10 Å². The van der Waals surface area contributed by atoms with Gasteiger partial charge in [0, 0.05) is 35.2 Å². The number of thiophene rings is 1. The van der Waals surface area contributed by atoms with Crippen LogP contribution < -0.4 is 5.32 Å². The van der Waals surface area contributed by atoms with Gasteiger partial charge >= 0.3 is 5.97 Å². The summed E-state index contributed by atoms with van der Waals surface area (Å²) >= 11 is 7.40. The van der Waals surface area contributed by atoms with Crippen LogP contribution in [0.3, 0.4) is 0 Å². The quantitative estimate of drug-likeness (QED) is 0.0855. The number of halogens is 1. The second kappa shape index (κ2) is 12.4. The first-order valence-electron chi connectivity index (χ1n) is 12.3. The summed E-state index contributed by atoms with van der Waals surface area (Å²) in [4.78, 5) is 37.8. The van der Waals surface area contributed by atoms with E-state index >= 15 is 0 Å². The Morgan fingerprint density at radius 1 is 1.02 bits per heavy atom. The molecular formula is C30H21ClN4O5S. The molecule has 1 unspecified atom stereocenters. The van der Waals surface area contributed by atoms with E-state index in [0.29, 0.717) is 16.8 Å². The largest absolute Gasteiger partial charge is 0.444 e. The maximum absolute atomic E-state index is 13.2. The molecule has 0 spiro atoms. The van der Waals surface area contributed by atoms with E-state index in [1.54, 1.807) is 41.1 Å². The van der Waals surface area contributed by atoms with E-state index in [1.807, 2.05) is 54.0 Å². The van der Waals surface area contributed by atoms with Crippen molar-refractivity contribution in [2.24, 2.45) is 0 Å². The predicted molar refractivity (Wildman–Crippen MR) is 158 cm³/mol. The molecule has 5 aromatic rings. The van der Waals surface area contributed by atoms with Crippen LogP contribution in [0.2, 0.25) is 5.02 Å². The maximum atomic E-state index is 13.2. The van der Waals surface area contributed by atoms with Gasteiger partial charge in [-0.15, -0.1) is 11.3 Å². The Morgan fingerprint density at radius 3 is 2.44 bits per heavy atom. The third kappa shape index (κ3) is 6.57. The Labute approximate surface area is 243 Å². The second-order valence-electron chi connectivity index (χ2n) is 8.66. The van der Waals surface area contributed by atoms with E-state index in [1.165, 1.54) is 29.5 Å². The maximum Gasteiger partial charge on any atom is 0.331 e. The standard InChI is InChI=1S/C30H21ClN4O5S/c31-24-15-14-22(18-25(24)35(38)39)32-30(37)29(20-8-3-1-4-9-20)40-27(36)16-13-21-19-34(23-10-5-2-6-11-23)33-28(21)26-12-7-17-41-26/h1-19,29H,(H,32,37)/b16-13+. The van der Waals surface area contributed by atoms with Gasteiger partial charge in [0.25, 0.3) is 11.6 Å². The van der Waals surface area contributed by atoms with E-state index in [0.717, 1.165) is 16.6 Å². The summed E-state index contributed by atoms with van der Waals surface area (Å²) in [6.45, 7) is 0. The van der Waals surface area contributed by atoms with Crippen molar-refractivity contribution in [3.05, 3.63) is 135 Å². The topological polar surface area (TPSA) is 116 Å². The summed E-state index contributed by atoms with van der Waals surface area (Å²) in [6.07, 6.45) is 3.31. The molecule has 41 heavy (non-hydrogen) atoms. The smallest absolute Gasteiger partial charge is 0.331 e. The van der Waals surface area contributed by atoms with Crippen LogP contribution in [-0.2, 0) is 14.3 Å². The highest BCUT2D eigenvalue weighted by molar-refractivity contribution is 7.13. The zero-order chi connectivity index (χ0) is 28.8. The van der Waals surface area contributed by atoms with E-state index in [2.05, 4.69) is 5.32 Å². The van der Waals surface area contributed by atoms with Gasteiger partial charge in [0.05, 0.1) is 15.5 Å². The number of nitrogens with one attached hydrogen (secondary N) is 1. The van der Waals surface area contributed by atoms with E-state index in [9.17, 15) is 19.7 Å². The Bertz CT molecular complexity index is 1720. The Kier molecular flexibility index (Phi) is 8.33. The van der Waals surface area contributed by atoms with Crippen LogP contribution in [-0.4, -0.2) is 26.6 Å². The SMILES string of the molecule is O=C(/C=C/c1cn(-c2ccccc2)nc1-c1cccs1)OC(C(=O)Nc1ccc(Cl)c([N+](=O)[O-])c1)c1ccccc1. The Morgan fingerprint density at radius 2 is 1.76 bits per heavy atom. The van der Waals surface area contributed by atoms with Gasteiger partial charge in [-0.05, 0) is 41.8 Å². The molecule has 0 radical (unpaired) electrons. The molecule has 1 N–H and O–H groups in total. The van der Waals surface area contributed by atoms with Crippen LogP contribution in [0.5, 0.6) is 0 Å². The molecule has 0 aliphatic rings. The highest BCUT2D eigenvalue weighted by Crippen LogP contribution is 2.30. The summed E-state index contributed by atoms with van der Waals surface area (Å²) in [6, 6.07) is 25.8. The van der Waals surface area contributed by atoms with E-state index in [4.69, 9.17) is 21.4 Å². The zero-order valence-electron chi connectivity index (χ0n) is 21.2. The van der Waals surface area contributed by atoms with Gasteiger partial charge in [0.2, 0.25) is 6.10 Å². The summed E-state index contributed by atoms with van der Waals surface area (Å²) in [7, 11) is 0. The van der Waals surface area contributed by atoms with Gasteiger partial charge in [-0.3, -0.25) is 14.9 Å². The lowest BCUT2D eigenvalue weighted by Gasteiger charge is -2.17. The fourth-order valence-electron chi connectivity index (χ4n) is 3.98. The van der Waals surface area contributed by atoms with Crippen LogP contribution in [0, 0.1) is 10.1 Å². The van der Waals surface area contributed by atoms with Crippen molar-refractivity contribution in [2.75, 3.05) is 5.32 Å². The molecule has 5 rings (SSSR count). The number of carbonyl (C=O) groups excluding carboxylic acids is 2. The van der Waals surface area contributed by atoms with Crippen LogP contribution in [0.15, 0.2) is 109 Å². The minimum Gasteiger partial charge on any atom is -0.444 e. The molecule has 0 aliphatic heterocycles. The number of hydrogen-bond donors (Lipinski definition) is 1. The Balaban J connectivity index is 1.39. The monoisotopic (exact) mass is 584 g/mol. The van der Waals surface area contributed by atoms with Gasteiger partial charge in [0.15, 0.2) is 0 Å². The summed E-state index contributed by atoms with van der Waals surface area (Å²) in [5.74, 6) is -1.45. The summed E-state index contributed by atoms with van der Waals surface area (Å²) < 4.78 is 7.32. The van der Waals surface area contributed by atoms with Crippen molar-refractivity contribution in [3.63, 3.8) is 0 Å². The number of nitro benzene ring substituents is 1. The fourth-order valence-corrected chi connectivity index (χ4v) is 4.90. The molecule has 0 fully saturated rings. The number of para-hydroxylation sites is 1. The summed E-state index contributed by atoms with van der Waals surface area (Å²) in [5.41, 5.74) is 2.42. The molecule has 9 nitrogen and oxygen atoms in total. The minimum absolute atomic E-state index is 0.0679. The normalized spacial score (nSPS) is 11.7. The van der Waals surface area contributed by atoms with E-state index in [-0.39, 0.29) is 16.4 Å². The van der Waals surface area contributed by atoms with Crippen LogP contribution in [0.1, 0.15) is 17.2 Å². The Hall–Kier alpha value is -5.06. The van der Waals surface area contributed by atoms with Crippen LogP contribution >= 0.6 is 22.9 Å². The molecule has 3 aromatic carbocycles. The molecule has 2 aromatic heterocycles. The second-order valence-corrected chi connectivity index (χ2v) is 10.0. The first-order chi connectivity index (χ1) is 19.9. The minimum atomic E-state index is -1.33. The van der Waals surface area contributed by atoms with Crippen molar-refractivity contribution < 1.29 is 19.2 Å². The highest BCUT2D eigenvalue weighted by Gasteiger charge is 2.25. The number of nitro groups is 1. The zero-order valence-corrected chi connectivity index (χ0v) is 22.8. The first kappa shape index (κ1) is 27.5. The molecule has 11 heteroatoms. The molecular weight excluding hydrogens is 564 g/mol. The van der Waals surface area contributed by atoms with Gasteiger partial charge in [-0.25, -0.2) is 9.48 Å². The average molecular weight is 585 g/mol. The lowest BCUT2D eigenvalue weighted by molar-refractivity contribution is -0.384. The number of nitrogens with zero attached hydrogens (tertiary/aromatic N) is 3. The van der Waals surface area contributed by atoms with Crippen molar-refractivity contribution >= 4 is 52.3 Å². The van der Waals surface area contributed by atoms with Crippen LogP contribution in [0.4, 0.5) is 11.4 Å². The number of hydrogen-bond acceptors (Lipinski definition) is 7. The summed E-state index contributed by atoms with van der Waals surface area (Å²) in [5, 5.41) is 20.4. The van der Waals surface area contributed by atoms with Gasteiger partial charge in [0.1, 0.15) is 10.7 Å². The van der Waals surface area contributed by atoms with Gasteiger partial charge in [-0.1, -0.05) is 66.2 Å². The predicted octanol–water partition coefficient (Wildman–Crippen LogP) is 7.10. The molecule has 0 aliphatic carbocycles. The first-order valence-corrected chi connectivity index (χ1v) is 13.5. The van der Waals surface area contributed by atoms with Crippen molar-refractivity contribution in [1.82, 2.24) is 9.78 Å². The van der Waals surface area contributed by atoms with E-state index < -0.39 is 22.9 Å². The van der Waals surface area contributed by atoms with Gasteiger partial charge < -0.3 is 10.1 Å². The molecule has 0 saturated heterocycles. The highest BCUT2D eigenvalue weighted by atomic mass is 35.5. The van der Waals surface area contributed by atoms with Crippen molar-refractivity contribution in [1.29, 1.82) is 0 Å². The number of ether oxygens (including phenoxy) is 1. The average Bonchev–Trinajstić information content (AvgIpc) is 3.67.